The van der Waals surface area contributed by atoms with Gasteiger partial charge in [0.2, 0.25) is 0 Å². The number of aromatic nitrogens is 3. The molecule has 4 aromatic rings. The molecular formula is C22H17F3N4O5. The molecule has 0 aliphatic heterocycles. The average molecular weight is 474 g/mol. The lowest BCUT2D eigenvalue weighted by molar-refractivity contribution is -0.142. The molecule has 34 heavy (non-hydrogen) atoms. The number of nitrogens with one attached hydrogen (secondary N) is 1. The third-order valence-corrected chi connectivity index (χ3v) is 4.88. The van der Waals surface area contributed by atoms with Crippen molar-refractivity contribution in [2.75, 3.05) is 19.5 Å². The number of carbonyl (C=O) groups is 2. The van der Waals surface area contributed by atoms with Gasteiger partial charge in [-0.05, 0) is 31.2 Å². The van der Waals surface area contributed by atoms with E-state index >= 15 is 0 Å². The standard InChI is InChI=1S/C22H17F3N4O5/c1-11(30)12-7-17(32-2)18(33-3)8-13(12)27-21(31)15-10-20-26-14(16-5-4-6-34-16)9-19(22(23,24)25)29(20)28-15/h4-10H,1-3H3,(H,27,31). The lowest BCUT2D eigenvalue weighted by Crippen LogP contribution is -2.17. The molecule has 0 atom stereocenters. The van der Waals surface area contributed by atoms with Crippen LogP contribution in [-0.4, -0.2) is 40.5 Å². The summed E-state index contributed by atoms with van der Waals surface area (Å²) in [6.07, 6.45) is -3.48. The van der Waals surface area contributed by atoms with Crippen molar-refractivity contribution in [2.24, 2.45) is 0 Å². The van der Waals surface area contributed by atoms with E-state index in [0.29, 0.717) is 4.52 Å². The van der Waals surface area contributed by atoms with Crippen LogP contribution < -0.4 is 14.8 Å². The van der Waals surface area contributed by atoms with Crippen molar-refractivity contribution in [3.8, 4) is 23.0 Å². The number of fused-ring (bicyclic) bond motifs is 1. The summed E-state index contributed by atoms with van der Waals surface area (Å²) in [6, 6.07) is 7.62. The Morgan fingerprint density at radius 1 is 1.09 bits per heavy atom. The molecule has 1 amide bonds. The Kier molecular flexibility index (Phi) is 5.73. The van der Waals surface area contributed by atoms with E-state index in [-0.39, 0.29) is 51.3 Å². The molecule has 0 radical (unpaired) electrons. The minimum atomic E-state index is -4.78. The molecule has 4 rings (SSSR count). The van der Waals surface area contributed by atoms with Gasteiger partial charge in [-0.3, -0.25) is 9.59 Å². The second-order valence-electron chi connectivity index (χ2n) is 7.06. The average Bonchev–Trinajstić information content (AvgIpc) is 3.47. The normalized spacial score (nSPS) is 11.5. The fourth-order valence-electron chi connectivity index (χ4n) is 3.30. The van der Waals surface area contributed by atoms with Crippen LogP contribution in [0.15, 0.2) is 47.1 Å². The number of ketones is 1. The number of nitrogens with zero attached hydrogens (tertiary/aromatic N) is 3. The molecule has 1 N–H and O–H groups in total. The van der Waals surface area contributed by atoms with Gasteiger partial charge in [-0.15, -0.1) is 0 Å². The van der Waals surface area contributed by atoms with Crippen LogP contribution in [-0.2, 0) is 6.18 Å². The third kappa shape index (κ3) is 4.17. The monoisotopic (exact) mass is 474 g/mol. The fraction of sp³-hybridized carbons (Fsp3) is 0.182. The maximum Gasteiger partial charge on any atom is 0.433 e. The number of methoxy groups -OCH3 is 2. The van der Waals surface area contributed by atoms with Crippen molar-refractivity contribution in [1.29, 1.82) is 0 Å². The van der Waals surface area contributed by atoms with Crippen molar-refractivity contribution in [1.82, 2.24) is 14.6 Å². The summed E-state index contributed by atoms with van der Waals surface area (Å²) in [5, 5.41) is 6.30. The van der Waals surface area contributed by atoms with E-state index in [1.54, 1.807) is 0 Å². The highest BCUT2D eigenvalue weighted by molar-refractivity contribution is 6.09. The van der Waals surface area contributed by atoms with Crippen LogP contribution in [0.5, 0.6) is 11.5 Å². The zero-order chi connectivity index (χ0) is 24.6. The number of carbonyl (C=O) groups excluding carboxylic acids is 2. The molecule has 0 bridgehead atoms. The highest BCUT2D eigenvalue weighted by Crippen LogP contribution is 2.35. The van der Waals surface area contributed by atoms with Crippen molar-refractivity contribution in [2.45, 2.75) is 13.1 Å². The smallest absolute Gasteiger partial charge is 0.433 e. The maximum atomic E-state index is 13.7. The van der Waals surface area contributed by atoms with Crippen molar-refractivity contribution >= 4 is 23.0 Å². The number of halogens is 3. The van der Waals surface area contributed by atoms with Crippen LogP contribution in [0, 0.1) is 0 Å². The lowest BCUT2D eigenvalue weighted by atomic mass is 10.1. The highest BCUT2D eigenvalue weighted by Gasteiger charge is 2.36. The van der Waals surface area contributed by atoms with Crippen molar-refractivity contribution < 1.29 is 36.7 Å². The Balaban J connectivity index is 1.78. The summed E-state index contributed by atoms with van der Waals surface area (Å²) in [7, 11) is 2.76. The Labute approximate surface area is 190 Å². The summed E-state index contributed by atoms with van der Waals surface area (Å²) in [5.74, 6) is -0.607. The molecule has 9 nitrogen and oxygen atoms in total. The van der Waals surface area contributed by atoms with Crippen LogP contribution in [0.4, 0.5) is 18.9 Å². The molecule has 0 aliphatic carbocycles. The SMILES string of the molecule is COc1cc(NC(=O)c2cc3nc(-c4ccco4)cc(C(F)(F)F)n3n2)c(C(C)=O)cc1OC. The van der Waals surface area contributed by atoms with Gasteiger partial charge in [-0.25, -0.2) is 9.50 Å². The maximum absolute atomic E-state index is 13.7. The zero-order valence-corrected chi connectivity index (χ0v) is 18.1. The van der Waals surface area contributed by atoms with Crippen LogP contribution >= 0.6 is 0 Å². The second kappa shape index (κ2) is 8.54. The molecule has 3 heterocycles. The van der Waals surface area contributed by atoms with Crippen molar-refractivity contribution in [3.05, 3.63) is 59.6 Å². The van der Waals surface area contributed by atoms with Gasteiger partial charge in [0.15, 0.2) is 40.1 Å². The molecule has 1 aromatic carbocycles. The van der Waals surface area contributed by atoms with Gasteiger partial charge in [0.05, 0.1) is 26.2 Å². The number of alkyl halides is 3. The number of rotatable bonds is 6. The highest BCUT2D eigenvalue weighted by atomic mass is 19.4. The molecule has 12 heteroatoms. The molecule has 176 valence electrons. The van der Waals surface area contributed by atoms with Gasteiger partial charge in [-0.1, -0.05) is 0 Å². The van der Waals surface area contributed by atoms with E-state index in [1.165, 1.54) is 51.7 Å². The van der Waals surface area contributed by atoms with E-state index in [0.717, 1.165) is 12.1 Å². The minimum absolute atomic E-state index is 0.0737. The summed E-state index contributed by atoms with van der Waals surface area (Å²) in [5.41, 5.74) is -1.59. The Bertz CT molecular complexity index is 1390. The number of benzene rings is 1. The Morgan fingerprint density at radius 2 is 1.79 bits per heavy atom. The minimum Gasteiger partial charge on any atom is -0.493 e. The van der Waals surface area contributed by atoms with Gasteiger partial charge in [0.1, 0.15) is 5.69 Å². The van der Waals surface area contributed by atoms with Crippen LogP contribution in [0.3, 0.4) is 0 Å². The number of hydrogen-bond donors (Lipinski definition) is 1. The van der Waals surface area contributed by atoms with Gasteiger partial charge < -0.3 is 19.2 Å². The summed E-state index contributed by atoms with van der Waals surface area (Å²) >= 11 is 0. The number of anilines is 1. The van der Waals surface area contributed by atoms with Gasteiger partial charge >= 0.3 is 6.18 Å². The van der Waals surface area contributed by atoms with Crippen LogP contribution in [0.25, 0.3) is 17.1 Å². The predicted molar refractivity (Wildman–Crippen MR) is 113 cm³/mol. The van der Waals surface area contributed by atoms with Gasteiger partial charge in [0.25, 0.3) is 5.91 Å². The van der Waals surface area contributed by atoms with E-state index < -0.39 is 17.8 Å². The second-order valence-corrected chi connectivity index (χ2v) is 7.06. The lowest BCUT2D eigenvalue weighted by Gasteiger charge is -2.14. The summed E-state index contributed by atoms with van der Waals surface area (Å²) in [6.45, 7) is 1.29. The first-order valence-corrected chi connectivity index (χ1v) is 9.72. The zero-order valence-electron chi connectivity index (χ0n) is 18.1. The van der Waals surface area contributed by atoms with Crippen LogP contribution in [0.2, 0.25) is 0 Å². The molecule has 3 aromatic heterocycles. The number of hydrogen-bond acceptors (Lipinski definition) is 7. The molecule has 0 fully saturated rings. The number of furan rings is 1. The molecule has 0 saturated heterocycles. The van der Waals surface area contributed by atoms with Gasteiger partial charge in [-0.2, -0.15) is 18.3 Å². The number of ether oxygens (including phenoxy) is 2. The van der Waals surface area contributed by atoms with E-state index in [1.807, 2.05) is 0 Å². The fourth-order valence-corrected chi connectivity index (χ4v) is 3.30. The van der Waals surface area contributed by atoms with Crippen LogP contribution in [0.1, 0.15) is 33.5 Å². The summed E-state index contributed by atoms with van der Waals surface area (Å²) < 4.78 is 57.2. The van der Waals surface area contributed by atoms with E-state index in [2.05, 4.69) is 15.4 Å². The molecular weight excluding hydrogens is 457 g/mol. The largest absolute Gasteiger partial charge is 0.493 e. The van der Waals surface area contributed by atoms with Gasteiger partial charge in [0, 0.05) is 17.7 Å². The quantitative estimate of drug-likeness (QED) is 0.411. The Hall–Kier alpha value is -4.35. The Morgan fingerprint density at radius 3 is 2.38 bits per heavy atom. The summed E-state index contributed by atoms with van der Waals surface area (Å²) in [4.78, 5) is 29.1. The number of amides is 1. The first-order chi connectivity index (χ1) is 16.1. The van der Waals surface area contributed by atoms with E-state index in [9.17, 15) is 22.8 Å². The molecule has 0 spiro atoms. The van der Waals surface area contributed by atoms with E-state index in [4.69, 9.17) is 13.9 Å². The van der Waals surface area contributed by atoms with Crippen molar-refractivity contribution in [3.63, 3.8) is 0 Å². The molecule has 0 saturated carbocycles. The first-order valence-electron chi connectivity index (χ1n) is 9.72. The molecule has 0 aliphatic rings. The molecule has 0 unspecified atom stereocenters. The predicted octanol–water partition coefficient (Wildman–Crippen LogP) is 4.48. The number of Topliss-reactive ketones (excluding diaryl/α,β-unsaturated/α-hetero) is 1. The third-order valence-electron chi connectivity index (χ3n) is 4.88. The topological polar surface area (TPSA) is 108 Å². The first kappa shape index (κ1) is 22.8.